The Kier molecular flexibility index (Phi) is 8.15. The van der Waals surface area contributed by atoms with Crippen LogP contribution < -0.4 is 16.0 Å². The Bertz CT molecular complexity index is 1250. The largest absolute Gasteiger partial charge is 0.383 e. The molecule has 1 aliphatic rings. The molecule has 7 heteroatoms. The van der Waals surface area contributed by atoms with Crippen molar-refractivity contribution in [1.82, 2.24) is 10.2 Å². The summed E-state index contributed by atoms with van der Waals surface area (Å²) in [7, 11) is 3.67. The zero-order chi connectivity index (χ0) is 25.5. The first-order valence-electron chi connectivity index (χ1n) is 12.0. The van der Waals surface area contributed by atoms with E-state index in [-0.39, 0.29) is 11.8 Å². The van der Waals surface area contributed by atoms with Crippen LogP contribution in [0, 0.1) is 6.92 Å². The maximum absolute atomic E-state index is 13.0. The van der Waals surface area contributed by atoms with Gasteiger partial charge in [0.2, 0.25) is 0 Å². The molecule has 0 spiro atoms. The Labute approximate surface area is 212 Å². The molecule has 0 fully saturated rings. The Balaban J connectivity index is 1.53. The quantitative estimate of drug-likeness (QED) is 0.375. The number of rotatable bonds is 10. The number of anilines is 2. The van der Waals surface area contributed by atoms with Crippen LogP contribution in [0.1, 0.15) is 27.0 Å². The minimum absolute atomic E-state index is 0.122. The van der Waals surface area contributed by atoms with Gasteiger partial charge in [-0.25, -0.2) is 0 Å². The van der Waals surface area contributed by atoms with Crippen molar-refractivity contribution in [1.29, 1.82) is 0 Å². The standard InChI is InChI=1S/C29H32N4O3/c1-20-9-14-25-24(19-20)26(29(35)32-25)27(21-7-5-4-6-8-21)31-23-12-10-22(11-13-23)28(34)30-15-16-33(2)17-18-36-3/h4-14,19,31H,15-18H2,1-3H3,(H,30,34)(H,32,35). The smallest absolute Gasteiger partial charge is 0.258 e. The van der Waals surface area contributed by atoms with Crippen molar-refractivity contribution < 1.29 is 14.3 Å². The maximum Gasteiger partial charge on any atom is 0.258 e. The summed E-state index contributed by atoms with van der Waals surface area (Å²) in [6.07, 6.45) is 0. The Hall–Kier alpha value is -3.94. The minimum atomic E-state index is -0.145. The van der Waals surface area contributed by atoms with Crippen molar-refractivity contribution >= 4 is 34.5 Å². The monoisotopic (exact) mass is 484 g/mol. The third-order valence-electron chi connectivity index (χ3n) is 6.10. The number of fused-ring (bicyclic) bond motifs is 1. The fourth-order valence-electron chi connectivity index (χ4n) is 4.08. The van der Waals surface area contributed by atoms with Gasteiger partial charge in [0.1, 0.15) is 0 Å². The molecule has 3 aromatic rings. The molecule has 0 saturated carbocycles. The summed E-state index contributed by atoms with van der Waals surface area (Å²) < 4.78 is 5.08. The van der Waals surface area contributed by atoms with Crippen molar-refractivity contribution in [2.24, 2.45) is 0 Å². The van der Waals surface area contributed by atoms with Gasteiger partial charge in [0.25, 0.3) is 11.8 Å². The first kappa shape index (κ1) is 25.2. The second-order valence-electron chi connectivity index (χ2n) is 8.87. The van der Waals surface area contributed by atoms with Gasteiger partial charge in [-0.2, -0.15) is 0 Å². The molecule has 4 rings (SSSR count). The molecule has 0 atom stereocenters. The van der Waals surface area contributed by atoms with Gasteiger partial charge < -0.3 is 25.6 Å². The SMILES string of the molecule is COCCN(C)CCNC(=O)c1ccc(NC(=C2C(=O)Nc3ccc(C)cc32)c2ccccc2)cc1. The molecule has 0 aromatic heterocycles. The normalized spacial score (nSPS) is 13.8. The van der Waals surface area contributed by atoms with Gasteiger partial charge in [-0.3, -0.25) is 9.59 Å². The van der Waals surface area contributed by atoms with Crippen LogP contribution in [0.4, 0.5) is 11.4 Å². The Morgan fingerprint density at radius 3 is 2.44 bits per heavy atom. The van der Waals surface area contributed by atoms with Gasteiger partial charge in [0.05, 0.1) is 17.9 Å². The average Bonchev–Trinajstić information content (AvgIpc) is 3.21. The number of likely N-dealkylation sites (N-methyl/N-ethyl adjacent to an activating group) is 1. The van der Waals surface area contributed by atoms with Gasteiger partial charge in [-0.15, -0.1) is 0 Å². The lowest BCUT2D eigenvalue weighted by Crippen LogP contribution is -2.34. The number of aryl methyl sites for hydroxylation is 1. The lowest BCUT2D eigenvalue weighted by molar-refractivity contribution is -0.110. The fraction of sp³-hybridized carbons (Fsp3) is 0.241. The summed E-state index contributed by atoms with van der Waals surface area (Å²) in [4.78, 5) is 27.7. The van der Waals surface area contributed by atoms with E-state index in [9.17, 15) is 9.59 Å². The minimum Gasteiger partial charge on any atom is -0.383 e. The summed E-state index contributed by atoms with van der Waals surface area (Å²) in [5.74, 6) is -0.267. The van der Waals surface area contributed by atoms with Crippen molar-refractivity contribution in [3.8, 4) is 0 Å². The van der Waals surface area contributed by atoms with Crippen LogP contribution in [0.25, 0.3) is 11.3 Å². The second kappa shape index (κ2) is 11.7. The maximum atomic E-state index is 13.0. The van der Waals surface area contributed by atoms with Crippen molar-refractivity contribution in [2.75, 3.05) is 51.0 Å². The van der Waals surface area contributed by atoms with Gasteiger partial charge in [-0.05, 0) is 55.9 Å². The molecular formula is C29H32N4O3. The van der Waals surface area contributed by atoms with Crippen LogP contribution in [-0.2, 0) is 9.53 Å². The lowest BCUT2D eigenvalue weighted by atomic mass is 9.98. The molecule has 186 valence electrons. The van der Waals surface area contributed by atoms with Crippen LogP contribution in [0.15, 0.2) is 72.8 Å². The molecule has 3 aromatic carbocycles. The van der Waals surface area contributed by atoms with E-state index in [1.165, 1.54) is 0 Å². The van der Waals surface area contributed by atoms with E-state index in [0.29, 0.717) is 30.0 Å². The number of methoxy groups -OCH3 is 1. The van der Waals surface area contributed by atoms with Crippen molar-refractivity contribution in [3.05, 3.63) is 95.1 Å². The van der Waals surface area contributed by atoms with Crippen LogP contribution in [0.5, 0.6) is 0 Å². The van der Waals surface area contributed by atoms with E-state index in [0.717, 1.165) is 41.2 Å². The summed E-state index contributed by atoms with van der Waals surface area (Å²) >= 11 is 0. The van der Waals surface area contributed by atoms with Gasteiger partial charge in [-0.1, -0.05) is 42.0 Å². The molecule has 1 aliphatic heterocycles. The number of benzene rings is 3. The van der Waals surface area contributed by atoms with Crippen LogP contribution in [0.3, 0.4) is 0 Å². The number of ether oxygens (including phenoxy) is 1. The number of carbonyl (C=O) groups excluding carboxylic acids is 2. The Morgan fingerprint density at radius 1 is 0.972 bits per heavy atom. The van der Waals surface area contributed by atoms with E-state index in [4.69, 9.17) is 4.74 Å². The zero-order valence-electron chi connectivity index (χ0n) is 20.9. The predicted molar refractivity (Wildman–Crippen MR) is 145 cm³/mol. The molecule has 7 nitrogen and oxygen atoms in total. The first-order chi connectivity index (χ1) is 17.5. The van der Waals surface area contributed by atoms with E-state index >= 15 is 0 Å². The average molecular weight is 485 g/mol. The molecule has 0 unspecified atom stereocenters. The third-order valence-corrected chi connectivity index (χ3v) is 6.10. The molecule has 2 amide bonds. The highest BCUT2D eigenvalue weighted by molar-refractivity contribution is 6.37. The Morgan fingerprint density at radius 2 is 1.72 bits per heavy atom. The highest BCUT2D eigenvalue weighted by Crippen LogP contribution is 2.38. The number of hydrogen-bond donors (Lipinski definition) is 3. The second-order valence-corrected chi connectivity index (χ2v) is 8.87. The molecule has 3 N–H and O–H groups in total. The molecule has 0 bridgehead atoms. The highest BCUT2D eigenvalue weighted by atomic mass is 16.5. The predicted octanol–water partition coefficient (Wildman–Crippen LogP) is 4.24. The molecule has 0 saturated heterocycles. The number of carbonyl (C=O) groups is 2. The van der Waals surface area contributed by atoms with Gasteiger partial charge in [0.15, 0.2) is 0 Å². The fourth-order valence-corrected chi connectivity index (χ4v) is 4.08. The van der Waals surface area contributed by atoms with Crippen molar-refractivity contribution in [2.45, 2.75) is 6.92 Å². The summed E-state index contributed by atoms with van der Waals surface area (Å²) in [5, 5.41) is 9.37. The molecule has 0 aliphatic carbocycles. The molecule has 1 heterocycles. The summed E-state index contributed by atoms with van der Waals surface area (Å²) in [6, 6.07) is 23.0. The van der Waals surface area contributed by atoms with Crippen LogP contribution >= 0.6 is 0 Å². The number of amides is 2. The van der Waals surface area contributed by atoms with Gasteiger partial charge >= 0.3 is 0 Å². The summed E-state index contributed by atoms with van der Waals surface area (Å²) in [5.41, 5.74) is 6.33. The van der Waals surface area contributed by atoms with E-state index in [1.807, 2.05) is 74.6 Å². The molecule has 0 radical (unpaired) electrons. The highest BCUT2D eigenvalue weighted by Gasteiger charge is 2.28. The van der Waals surface area contributed by atoms with E-state index in [2.05, 4.69) is 20.9 Å². The number of nitrogens with zero attached hydrogens (tertiary/aromatic N) is 1. The summed E-state index contributed by atoms with van der Waals surface area (Å²) in [6.45, 7) is 4.78. The van der Waals surface area contributed by atoms with Gasteiger partial charge in [0, 0.05) is 49.2 Å². The topological polar surface area (TPSA) is 82.7 Å². The molecule has 36 heavy (non-hydrogen) atoms. The van der Waals surface area contributed by atoms with Crippen LogP contribution in [-0.4, -0.2) is 57.1 Å². The third kappa shape index (κ3) is 6.00. The zero-order valence-corrected chi connectivity index (χ0v) is 20.9. The van der Waals surface area contributed by atoms with Crippen LogP contribution in [0.2, 0.25) is 0 Å². The van der Waals surface area contributed by atoms with E-state index in [1.54, 1.807) is 19.2 Å². The van der Waals surface area contributed by atoms with E-state index < -0.39 is 0 Å². The number of hydrogen-bond acceptors (Lipinski definition) is 5. The molecular weight excluding hydrogens is 452 g/mol. The number of nitrogens with one attached hydrogen (secondary N) is 3. The first-order valence-corrected chi connectivity index (χ1v) is 12.0. The van der Waals surface area contributed by atoms with Crippen molar-refractivity contribution in [3.63, 3.8) is 0 Å². The lowest BCUT2D eigenvalue weighted by Gasteiger charge is -2.16.